The van der Waals surface area contributed by atoms with Gasteiger partial charge in [-0.3, -0.25) is 0 Å². The molecule has 1 aromatic carbocycles. The summed E-state index contributed by atoms with van der Waals surface area (Å²) in [6.45, 7) is 8.41. The Morgan fingerprint density at radius 3 is 2.45 bits per heavy atom. The molecule has 1 saturated heterocycles. The van der Waals surface area contributed by atoms with E-state index in [1.807, 2.05) is 27.7 Å². The van der Waals surface area contributed by atoms with Crippen molar-refractivity contribution in [1.82, 2.24) is 14.9 Å². The average Bonchev–Trinajstić information content (AvgIpc) is 3.01. The quantitative estimate of drug-likeness (QED) is 0.711. The number of halogens is 3. The van der Waals surface area contributed by atoms with Crippen molar-refractivity contribution in [3.8, 4) is 11.3 Å². The molecule has 0 aliphatic carbocycles. The average molecular weight is 409 g/mol. The molecule has 1 fully saturated rings. The Hall–Kier alpha value is -2.51. The van der Waals surface area contributed by atoms with Gasteiger partial charge in [0, 0.05) is 30.3 Å². The molecule has 8 heteroatoms. The lowest BCUT2D eigenvalue weighted by Crippen LogP contribution is -2.41. The molecule has 2 aromatic rings. The molecule has 0 saturated carbocycles. The number of H-pyrrole nitrogens is 1. The number of ether oxygens (including phenoxy) is 1. The Morgan fingerprint density at radius 1 is 1.21 bits per heavy atom. The van der Waals surface area contributed by atoms with E-state index in [-0.39, 0.29) is 12.0 Å². The number of amides is 1. The lowest BCUT2D eigenvalue weighted by atomic mass is 9.96. The molecule has 0 atom stereocenters. The Bertz CT molecular complexity index is 876. The fraction of sp³-hybridized carbons (Fsp3) is 0.524. The van der Waals surface area contributed by atoms with Crippen LogP contribution >= 0.6 is 0 Å². The number of alkyl halides is 3. The predicted molar refractivity (Wildman–Crippen MR) is 104 cm³/mol. The van der Waals surface area contributed by atoms with Crippen LogP contribution in [0.1, 0.15) is 56.6 Å². The van der Waals surface area contributed by atoms with Crippen molar-refractivity contribution < 1.29 is 22.7 Å². The number of hydrogen-bond donors (Lipinski definition) is 1. The predicted octanol–water partition coefficient (Wildman–Crippen LogP) is 5.52. The Kier molecular flexibility index (Phi) is 5.65. The van der Waals surface area contributed by atoms with Crippen LogP contribution in [0, 0.1) is 6.92 Å². The summed E-state index contributed by atoms with van der Waals surface area (Å²) in [5, 5.41) is 0. The van der Waals surface area contributed by atoms with E-state index in [4.69, 9.17) is 4.74 Å². The van der Waals surface area contributed by atoms with Crippen LogP contribution in [0.5, 0.6) is 0 Å². The van der Waals surface area contributed by atoms with E-state index >= 15 is 0 Å². The molecule has 0 spiro atoms. The number of benzene rings is 1. The fourth-order valence-electron chi connectivity index (χ4n) is 3.46. The molecule has 1 N–H and O–H groups in total. The van der Waals surface area contributed by atoms with E-state index in [1.165, 1.54) is 6.07 Å². The molecule has 29 heavy (non-hydrogen) atoms. The number of hydrogen-bond acceptors (Lipinski definition) is 3. The maximum atomic E-state index is 13.0. The number of piperidine rings is 1. The van der Waals surface area contributed by atoms with Crippen molar-refractivity contribution in [3.05, 3.63) is 41.3 Å². The summed E-state index contributed by atoms with van der Waals surface area (Å²) in [5.74, 6) is 0.866. The third-order valence-electron chi connectivity index (χ3n) is 4.90. The summed E-state index contributed by atoms with van der Waals surface area (Å²) in [5.41, 5.74) is 0.469. The van der Waals surface area contributed by atoms with Gasteiger partial charge < -0.3 is 14.6 Å². The molecule has 2 heterocycles. The Morgan fingerprint density at radius 2 is 1.86 bits per heavy atom. The zero-order valence-corrected chi connectivity index (χ0v) is 17.1. The van der Waals surface area contributed by atoms with Crippen molar-refractivity contribution in [2.45, 2.75) is 58.2 Å². The highest BCUT2D eigenvalue weighted by atomic mass is 19.4. The molecule has 1 aliphatic rings. The SMILES string of the molecule is Cc1[nH]c(C2CCN(C(=O)OC(C)(C)C)CC2)nc1-c1cccc(C(F)(F)F)c1. The van der Waals surface area contributed by atoms with Crippen molar-refractivity contribution in [2.24, 2.45) is 0 Å². The number of aromatic nitrogens is 2. The number of carbonyl (C=O) groups excluding carboxylic acids is 1. The summed E-state index contributed by atoms with van der Waals surface area (Å²) in [6, 6.07) is 5.20. The van der Waals surface area contributed by atoms with E-state index in [0.717, 1.165) is 23.7 Å². The van der Waals surface area contributed by atoms with E-state index in [2.05, 4.69) is 9.97 Å². The summed E-state index contributed by atoms with van der Waals surface area (Å²) < 4.78 is 44.5. The van der Waals surface area contributed by atoms with Crippen LogP contribution in [0.25, 0.3) is 11.3 Å². The number of aryl methyl sites for hydroxylation is 1. The number of rotatable bonds is 2. The topological polar surface area (TPSA) is 58.2 Å². The molecule has 5 nitrogen and oxygen atoms in total. The van der Waals surface area contributed by atoms with Crippen LogP contribution < -0.4 is 0 Å². The van der Waals surface area contributed by atoms with Gasteiger partial charge >= 0.3 is 12.3 Å². The van der Waals surface area contributed by atoms with Crippen LogP contribution in [-0.2, 0) is 10.9 Å². The van der Waals surface area contributed by atoms with Crippen LogP contribution in [0.15, 0.2) is 24.3 Å². The molecule has 1 amide bonds. The van der Waals surface area contributed by atoms with Crippen molar-refractivity contribution >= 4 is 6.09 Å². The van der Waals surface area contributed by atoms with Gasteiger partial charge in [-0.1, -0.05) is 12.1 Å². The number of aromatic amines is 1. The van der Waals surface area contributed by atoms with Gasteiger partial charge in [0.05, 0.1) is 11.3 Å². The minimum atomic E-state index is -4.39. The number of nitrogens with one attached hydrogen (secondary N) is 1. The van der Waals surface area contributed by atoms with Gasteiger partial charge in [-0.25, -0.2) is 9.78 Å². The summed E-state index contributed by atoms with van der Waals surface area (Å²) in [4.78, 5) is 21.7. The first kappa shape index (κ1) is 21.2. The summed E-state index contributed by atoms with van der Waals surface area (Å²) >= 11 is 0. The second-order valence-corrected chi connectivity index (χ2v) is 8.42. The van der Waals surface area contributed by atoms with Crippen LogP contribution in [0.4, 0.5) is 18.0 Å². The number of carbonyl (C=O) groups is 1. The highest BCUT2D eigenvalue weighted by molar-refractivity contribution is 5.68. The number of likely N-dealkylation sites (tertiary alicyclic amines) is 1. The van der Waals surface area contributed by atoms with Gasteiger partial charge in [0.25, 0.3) is 0 Å². The standard InChI is InChI=1S/C21H26F3N3O2/c1-13-17(15-6-5-7-16(12-15)21(22,23)24)26-18(25-13)14-8-10-27(11-9-14)19(28)29-20(2,3)4/h5-7,12,14H,8-11H2,1-4H3,(H,25,26). The van der Waals surface area contributed by atoms with Crippen LogP contribution in [-0.4, -0.2) is 39.7 Å². The third-order valence-corrected chi connectivity index (χ3v) is 4.90. The van der Waals surface area contributed by atoms with Gasteiger partial charge in [-0.05, 0) is 52.7 Å². The van der Waals surface area contributed by atoms with Crippen LogP contribution in [0.2, 0.25) is 0 Å². The summed E-state index contributed by atoms with van der Waals surface area (Å²) in [7, 11) is 0. The third kappa shape index (κ3) is 5.10. The minimum Gasteiger partial charge on any atom is -0.444 e. The van der Waals surface area contributed by atoms with Gasteiger partial charge in [0.15, 0.2) is 0 Å². The zero-order chi connectivity index (χ0) is 21.4. The van der Waals surface area contributed by atoms with Gasteiger partial charge in [-0.15, -0.1) is 0 Å². The molecule has 1 aliphatic heterocycles. The van der Waals surface area contributed by atoms with Gasteiger partial charge in [0.2, 0.25) is 0 Å². The van der Waals surface area contributed by atoms with Crippen molar-refractivity contribution in [1.29, 1.82) is 0 Å². The number of imidazole rings is 1. The second-order valence-electron chi connectivity index (χ2n) is 8.42. The number of nitrogens with zero attached hydrogens (tertiary/aromatic N) is 2. The highest BCUT2D eigenvalue weighted by Gasteiger charge is 2.31. The van der Waals surface area contributed by atoms with Crippen molar-refractivity contribution in [2.75, 3.05) is 13.1 Å². The first-order valence-electron chi connectivity index (χ1n) is 9.66. The van der Waals surface area contributed by atoms with E-state index in [9.17, 15) is 18.0 Å². The second kappa shape index (κ2) is 7.72. The van der Waals surface area contributed by atoms with Crippen LogP contribution in [0.3, 0.4) is 0 Å². The van der Waals surface area contributed by atoms with Gasteiger partial charge in [0.1, 0.15) is 11.4 Å². The normalized spacial score (nSPS) is 16.2. The lowest BCUT2D eigenvalue weighted by molar-refractivity contribution is -0.137. The molecule has 0 bridgehead atoms. The zero-order valence-electron chi connectivity index (χ0n) is 17.1. The largest absolute Gasteiger partial charge is 0.444 e. The first-order chi connectivity index (χ1) is 13.4. The minimum absolute atomic E-state index is 0.118. The van der Waals surface area contributed by atoms with E-state index in [1.54, 1.807) is 11.0 Å². The fourth-order valence-corrected chi connectivity index (χ4v) is 3.46. The maximum absolute atomic E-state index is 13.0. The first-order valence-corrected chi connectivity index (χ1v) is 9.66. The molecular weight excluding hydrogens is 383 g/mol. The smallest absolute Gasteiger partial charge is 0.416 e. The maximum Gasteiger partial charge on any atom is 0.416 e. The molecule has 158 valence electrons. The van der Waals surface area contributed by atoms with E-state index < -0.39 is 17.3 Å². The molecule has 0 radical (unpaired) electrons. The molecule has 3 rings (SSSR count). The van der Waals surface area contributed by atoms with Crippen molar-refractivity contribution in [3.63, 3.8) is 0 Å². The molecular formula is C21H26F3N3O2. The monoisotopic (exact) mass is 409 g/mol. The van der Waals surface area contributed by atoms with Gasteiger partial charge in [-0.2, -0.15) is 13.2 Å². The lowest BCUT2D eigenvalue weighted by Gasteiger charge is -2.32. The Balaban J connectivity index is 1.71. The Labute approximate surface area is 168 Å². The molecule has 0 unspecified atom stereocenters. The van der Waals surface area contributed by atoms with E-state index in [0.29, 0.717) is 37.2 Å². The highest BCUT2D eigenvalue weighted by Crippen LogP contribution is 2.34. The summed E-state index contributed by atoms with van der Waals surface area (Å²) in [6.07, 6.45) is -3.28. The molecule has 1 aromatic heterocycles.